The van der Waals surface area contributed by atoms with Gasteiger partial charge in [0.2, 0.25) is 0 Å². The fourth-order valence-electron chi connectivity index (χ4n) is 3.09. The van der Waals surface area contributed by atoms with Gasteiger partial charge in [0, 0.05) is 12.5 Å². The Hall–Kier alpha value is -0.450. The normalized spacial score (nSPS) is 18.5. The second-order valence-electron chi connectivity index (χ2n) is 7.68. The standard InChI is InChI=1S/C12H25NO2.C7H12O.C3H8/c1-12(2)15-11-10-14-9-8-13-6-4-3-5-7-13;8-6-7-4-2-1-3-5-7;1-3-2/h12H,3-11H2,1-2H3;6-7H,1-5H2;3H2,1-2H3. The molecule has 0 spiro atoms. The lowest BCUT2D eigenvalue weighted by Gasteiger charge is -2.26. The van der Waals surface area contributed by atoms with E-state index in [1.807, 2.05) is 13.8 Å². The molecule has 0 bridgehead atoms. The Labute approximate surface area is 163 Å². The molecule has 0 N–H and O–H groups in total. The molecular formula is C22H45NO3. The van der Waals surface area contributed by atoms with Gasteiger partial charge in [0.15, 0.2) is 0 Å². The van der Waals surface area contributed by atoms with E-state index in [4.69, 9.17) is 9.47 Å². The number of piperidine rings is 1. The van der Waals surface area contributed by atoms with Gasteiger partial charge in [0.1, 0.15) is 6.29 Å². The third-order valence-electron chi connectivity index (χ3n) is 4.52. The van der Waals surface area contributed by atoms with Crippen LogP contribution in [0.5, 0.6) is 0 Å². The van der Waals surface area contributed by atoms with Gasteiger partial charge in [-0.3, -0.25) is 0 Å². The van der Waals surface area contributed by atoms with Crippen molar-refractivity contribution in [2.45, 2.75) is 91.6 Å². The highest BCUT2D eigenvalue weighted by atomic mass is 16.5. The largest absolute Gasteiger partial charge is 0.378 e. The number of ether oxygens (including phenoxy) is 2. The van der Waals surface area contributed by atoms with Crippen LogP contribution in [0, 0.1) is 5.92 Å². The predicted octanol–water partition coefficient (Wildman–Crippen LogP) is 5.10. The summed E-state index contributed by atoms with van der Waals surface area (Å²) in [6, 6.07) is 0. The third-order valence-corrected chi connectivity index (χ3v) is 4.52. The van der Waals surface area contributed by atoms with Gasteiger partial charge in [-0.05, 0) is 52.6 Å². The summed E-state index contributed by atoms with van der Waals surface area (Å²) in [6.45, 7) is 14.2. The van der Waals surface area contributed by atoms with E-state index >= 15 is 0 Å². The van der Waals surface area contributed by atoms with Crippen molar-refractivity contribution < 1.29 is 14.3 Å². The number of hydrogen-bond acceptors (Lipinski definition) is 4. The molecule has 2 fully saturated rings. The van der Waals surface area contributed by atoms with Crippen LogP contribution in [0.25, 0.3) is 0 Å². The van der Waals surface area contributed by atoms with Gasteiger partial charge in [0.25, 0.3) is 0 Å². The van der Waals surface area contributed by atoms with Crippen molar-refractivity contribution >= 4 is 6.29 Å². The van der Waals surface area contributed by atoms with Crippen molar-refractivity contribution in [1.29, 1.82) is 0 Å². The Kier molecular flexibility index (Phi) is 19.0. The molecule has 4 nitrogen and oxygen atoms in total. The Balaban J connectivity index is 0.000000474. The van der Waals surface area contributed by atoms with Crippen molar-refractivity contribution in [3.05, 3.63) is 0 Å². The van der Waals surface area contributed by atoms with Crippen molar-refractivity contribution in [3.8, 4) is 0 Å². The first-order valence-corrected chi connectivity index (χ1v) is 11.0. The van der Waals surface area contributed by atoms with Crippen LogP contribution in [0.3, 0.4) is 0 Å². The topological polar surface area (TPSA) is 38.8 Å². The Bertz CT molecular complexity index is 285. The highest BCUT2D eigenvalue weighted by molar-refractivity contribution is 5.53. The molecular weight excluding hydrogens is 326 g/mol. The van der Waals surface area contributed by atoms with Gasteiger partial charge >= 0.3 is 0 Å². The molecule has 0 radical (unpaired) electrons. The zero-order chi connectivity index (χ0) is 19.5. The smallest absolute Gasteiger partial charge is 0.123 e. The van der Waals surface area contributed by atoms with Gasteiger partial charge in [0.05, 0.1) is 25.9 Å². The lowest BCUT2D eigenvalue weighted by atomic mass is 9.91. The summed E-state index contributed by atoms with van der Waals surface area (Å²) in [4.78, 5) is 12.7. The monoisotopic (exact) mass is 371 g/mol. The molecule has 0 aromatic carbocycles. The summed E-state index contributed by atoms with van der Waals surface area (Å²) in [5.74, 6) is 0.406. The first-order valence-electron chi connectivity index (χ1n) is 11.0. The molecule has 1 saturated heterocycles. The average molecular weight is 372 g/mol. The van der Waals surface area contributed by atoms with E-state index in [1.54, 1.807) is 0 Å². The quantitative estimate of drug-likeness (QED) is 0.440. The number of nitrogens with zero attached hydrogens (tertiary/aromatic N) is 1. The molecule has 4 heteroatoms. The molecule has 0 aromatic heterocycles. The van der Waals surface area contributed by atoms with E-state index in [0.29, 0.717) is 12.0 Å². The average Bonchev–Trinajstić information content (AvgIpc) is 2.67. The number of rotatable bonds is 8. The molecule has 0 unspecified atom stereocenters. The van der Waals surface area contributed by atoms with Gasteiger partial charge in [-0.15, -0.1) is 0 Å². The molecule has 1 saturated carbocycles. The highest BCUT2D eigenvalue weighted by Crippen LogP contribution is 2.21. The van der Waals surface area contributed by atoms with Gasteiger partial charge in [-0.25, -0.2) is 0 Å². The summed E-state index contributed by atoms with van der Waals surface area (Å²) in [5.41, 5.74) is 0. The summed E-state index contributed by atoms with van der Waals surface area (Å²) < 4.78 is 10.9. The number of carbonyl (C=O) groups excluding carboxylic acids is 1. The molecule has 26 heavy (non-hydrogen) atoms. The SMILES string of the molecule is CC(C)OCCOCCN1CCCCC1.CCC.O=CC1CCCCC1. The maximum atomic E-state index is 10.2. The van der Waals surface area contributed by atoms with Crippen LogP contribution in [0.4, 0.5) is 0 Å². The summed E-state index contributed by atoms with van der Waals surface area (Å²) in [6.07, 6.45) is 13.0. The van der Waals surface area contributed by atoms with Crippen LogP contribution in [0.15, 0.2) is 0 Å². The maximum absolute atomic E-state index is 10.2. The lowest BCUT2D eigenvalue weighted by molar-refractivity contribution is -0.111. The van der Waals surface area contributed by atoms with E-state index in [2.05, 4.69) is 18.7 Å². The second kappa shape index (κ2) is 19.3. The molecule has 0 aromatic rings. The molecule has 1 heterocycles. The minimum atomic E-state index is 0.315. The van der Waals surface area contributed by atoms with Crippen LogP contribution in [-0.4, -0.2) is 56.7 Å². The van der Waals surface area contributed by atoms with Crippen LogP contribution >= 0.6 is 0 Å². The highest BCUT2D eigenvalue weighted by Gasteiger charge is 2.10. The lowest BCUT2D eigenvalue weighted by Crippen LogP contribution is -2.32. The van der Waals surface area contributed by atoms with E-state index in [9.17, 15) is 4.79 Å². The van der Waals surface area contributed by atoms with Gasteiger partial charge in [-0.2, -0.15) is 0 Å². The van der Waals surface area contributed by atoms with Crippen LogP contribution < -0.4 is 0 Å². The third kappa shape index (κ3) is 17.0. The number of likely N-dealkylation sites (tertiary alicyclic amines) is 1. The number of aldehydes is 1. The second-order valence-corrected chi connectivity index (χ2v) is 7.68. The minimum Gasteiger partial charge on any atom is -0.378 e. The molecule has 1 aliphatic carbocycles. The summed E-state index contributed by atoms with van der Waals surface area (Å²) in [7, 11) is 0. The Morgan fingerprint density at radius 2 is 1.50 bits per heavy atom. The molecule has 156 valence electrons. The van der Waals surface area contributed by atoms with E-state index in [-0.39, 0.29) is 0 Å². The van der Waals surface area contributed by atoms with Crippen molar-refractivity contribution in [2.75, 3.05) is 39.5 Å². The predicted molar refractivity (Wildman–Crippen MR) is 111 cm³/mol. The fraction of sp³-hybridized carbons (Fsp3) is 0.955. The van der Waals surface area contributed by atoms with E-state index < -0.39 is 0 Å². The first kappa shape index (κ1) is 25.6. The molecule has 2 aliphatic rings. The zero-order valence-corrected chi connectivity index (χ0v) is 18.0. The van der Waals surface area contributed by atoms with E-state index in [0.717, 1.165) is 45.5 Å². The molecule has 0 atom stereocenters. The summed E-state index contributed by atoms with van der Waals surface area (Å²) in [5, 5.41) is 0. The number of carbonyl (C=O) groups is 1. The minimum absolute atomic E-state index is 0.315. The van der Waals surface area contributed by atoms with Crippen molar-refractivity contribution in [2.24, 2.45) is 5.92 Å². The summed E-state index contributed by atoms with van der Waals surface area (Å²) >= 11 is 0. The van der Waals surface area contributed by atoms with E-state index in [1.165, 1.54) is 58.0 Å². The molecule has 2 rings (SSSR count). The van der Waals surface area contributed by atoms with Crippen molar-refractivity contribution in [3.63, 3.8) is 0 Å². The zero-order valence-electron chi connectivity index (χ0n) is 18.0. The van der Waals surface area contributed by atoms with Crippen LogP contribution in [-0.2, 0) is 14.3 Å². The maximum Gasteiger partial charge on any atom is 0.123 e. The fourth-order valence-corrected chi connectivity index (χ4v) is 3.09. The first-order chi connectivity index (χ1) is 12.6. The Morgan fingerprint density at radius 1 is 0.923 bits per heavy atom. The van der Waals surface area contributed by atoms with Crippen LogP contribution in [0.2, 0.25) is 0 Å². The van der Waals surface area contributed by atoms with Gasteiger partial charge < -0.3 is 19.2 Å². The Morgan fingerprint density at radius 3 is 2.00 bits per heavy atom. The van der Waals surface area contributed by atoms with Gasteiger partial charge in [-0.1, -0.05) is 46.0 Å². The van der Waals surface area contributed by atoms with Crippen LogP contribution in [0.1, 0.15) is 85.5 Å². The molecule has 1 aliphatic heterocycles. The van der Waals surface area contributed by atoms with Crippen molar-refractivity contribution in [1.82, 2.24) is 4.90 Å². The molecule has 0 amide bonds. The number of hydrogen-bond donors (Lipinski definition) is 0.